The number of nitrogens with zero attached hydrogens (tertiary/aromatic N) is 5. The van der Waals surface area contributed by atoms with Crippen LogP contribution >= 0.6 is 0 Å². The lowest BCUT2D eigenvalue weighted by atomic mass is 9.79. The van der Waals surface area contributed by atoms with Crippen molar-refractivity contribution in [1.29, 1.82) is 0 Å². The molecule has 7 heteroatoms. The lowest BCUT2D eigenvalue weighted by Gasteiger charge is -2.41. The predicted octanol–water partition coefficient (Wildman–Crippen LogP) is 2.95. The van der Waals surface area contributed by atoms with Crippen LogP contribution in [0.3, 0.4) is 0 Å². The lowest BCUT2D eigenvalue weighted by Crippen LogP contribution is -2.49. The van der Waals surface area contributed by atoms with Crippen LogP contribution in [0.15, 0.2) is 37.1 Å². The monoisotopic (exact) mass is 340 g/mol. The van der Waals surface area contributed by atoms with E-state index < -0.39 is 11.1 Å². The summed E-state index contributed by atoms with van der Waals surface area (Å²) in [5.74, 6) is 0.487. The topological polar surface area (TPSA) is 88.2 Å². The van der Waals surface area contributed by atoms with Crippen molar-refractivity contribution in [2.75, 3.05) is 5.32 Å². The quantitative estimate of drug-likeness (QED) is 0.710. The molecule has 3 heterocycles. The van der Waals surface area contributed by atoms with E-state index >= 15 is 0 Å². The van der Waals surface area contributed by atoms with Gasteiger partial charge in [0.25, 0.3) is 0 Å². The molecule has 0 aliphatic carbocycles. The molecule has 7 nitrogen and oxygen atoms in total. The van der Waals surface area contributed by atoms with Crippen LogP contribution in [0.1, 0.15) is 51.9 Å². The zero-order valence-corrected chi connectivity index (χ0v) is 15.2. The molecular formula is C18H24N6O. The van der Waals surface area contributed by atoms with Gasteiger partial charge < -0.3 is 10.4 Å². The van der Waals surface area contributed by atoms with E-state index in [2.05, 4.69) is 34.1 Å². The van der Waals surface area contributed by atoms with Gasteiger partial charge in [-0.2, -0.15) is 0 Å². The molecule has 0 fully saturated rings. The molecule has 0 saturated carbocycles. The first-order chi connectivity index (χ1) is 11.7. The Bertz CT molecular complexity index is 868. The van der Waals surface area contributed by atoms with Crippen molar-refractivity contribution in [2.45, 2.75) is 46.3 Å². The molecule has 132 valence electrons. The van der Waals surface area contributed by atoms with Crippen LogP contribution < -0.4 is 5.32 Å². The number of hydrogen-bond donors (Lipinski definition) is 2. The van der Waals surface area contributed by atoms with Gasteiger partial charge in [-0.15, -0.1) is 0 Å². The molecule has 0 bridgehead atoms. The zero-order valence-electron chi connectivity index (χ0n) is 15.2. The molecule has 1 atom stereocenters. The van der Waals surface area contributed by atoms with E-state index in [0.29, 0.717) is 17.3 Å². The Balaban J connectivity index is 2.27. The summed E-state index contributed by atoms with van der Waals surface area (Å²) >= 11 is 0. The zero-order chi connectivity index (χ0) is 18.2. The van der Waals surface area contributed by atoms with Crippen LogP contribution in [0, 0.1) is 5.41 Å². The second-order valence-corrected chi connectivity index (χ2v) is 7.46. The van der Waals surface area contributed by atoms with Gasteiger partial charge in [0, 0.05) is 30.2 Å². The van der Waals surface area contributed by atoms with Crippen LogP contribution in [-0.4, -0.2) is 29.4 Å². The van der Waals surface area contributed by atoms with Crippen molar-refractivity contribution >= 4 is 11.6 Å². The van der Waals surface area contributed by atoms with Crippen molar-refractivity contribution in [3.8, 4) is 0 Å². The fourth-order valence-corrected chi connectivity index (χ4v) is 2.81. The van der Waals surface area contributed by atoms with Crippen molar-refractivity contribution < 1.29 is 5.11 Å². The first-order valence-corrected chi connectivity index (χ1v) is 8.34. The van der Waals surface area contributed by atoms with Gasteiger partial charge in [0.05, 0.1) is 17.6 Å². The molecular weight excluding hydrogens is 316 g/mol. The van der Waals surface area contributed by atoms with Gasteiger partial charge in [-0.05, 0) is 12.0 Å². The van der Waals surface area contributed by atoms with E-state index in [4.69, 9.17) is 4.98 Å². The van der Waals surface area contributed by atoms with Crippen molar-refractivity contribution in [2.24, 2.45) is 5.41 Å². The largest absolute Gasteiger partial charge is 0.365 e. The summed E-state index contributed by atoms with van der Waals surface area (Å²) < 4.78 is 1.88. The summed E-state index contributed by atoms with van der Waals surface area (Å²) in [5, 5.41) is 15.0. The molecule has 0 spiro atoms. The van der Waals surface area contributed by atoms with E-state index in [0.717, 1.165) is 5.69 Å². The van der Waals surface area contributed by atoms with E-state index in [9.17, 15) is 5.11 Å². The molecule has 1 unspecified atom stereocenters. The standard InChI is InChI=1S/C18H24N6O/c1-12(2)14-15(24-10-9-19-11-13(24)22-14)18(25,17(3,4)5)23-16-20-7-6-8-21-16/h6-12,25H,1-5H3,(H,20,21,23). The Morgan fingerprint density at radius 2 is 1.80 bits per heavy atom. The minimum Gasteiger partial charge on any atom is -0.365 e. The third-order valence-corrected chi connectivity index (χ3v) is 4.29. The van der Waals surface area contributed by atoms with E-state index in [1.807, 2.05) is 31.4 Å². The summed E-state index contributed by atoms with van der Waals surface area (Å²) in [5.41, 5.74) is 0.192. The molecule has 3 aromatic heterocycles. The fraction of sp³-hybridized carbons (Fsp3) is 0.444. The average molecular weight is 340 g/mol. The number of rotatable bonds is 4. The van der Waals surface area contributed by atoms with Crippen LogP contribution in [0.5, 0.6) is 0 Å². The van der Waals surface area contributed by atoms with Crippen LogP contribution in [0.25, 0.3) is 5.65 Å². The molecule has 0 saturated heterocycles. The fourth-order valence-electron chi connectivity index (χ4n) is 2.81. The van der Waals surface area contributed by atoms with E-state index in [-0.39, 0.29) is 5.92 Å². The second-order valence-electron chi connectivity index (χ2n) is 7.46. The normalized spacial score (nSPS) is 14.7. The van der Waals surface area contributed by atoms with Crippen LogP contribution in [-0.2, 0) is 5.72 Å². The Kier molecular flexibility index (Phi) is 4.20. The Morgan fingerprint density at radius 3 is 2.40 bits per heavy atom. The average Bonchev–Trinajstić information content (AvgIpc) is 2.95. The Hall–Kier alpha value is -2.54. The van der Waals surface area contributed by atoms with Gasteiger partial charge in [0.2, 0.25) is 5.95 Å². The number of anilines is 1. The molecule has 2 N–H and O–H groups in total. The molecule has 3 aromatic rings. The van der Waals surface area contributed by atoms with Gasteiger partial charge in [-0.1, -0.05) is 34.6 Å². The number of nitrogens with one attached hydrogen (secondary N) is 1. The number of hydrogen-bond acceptors (Lipinski definition) is 6. The Labute approximate surface area is 147 Å². The van der Waals surface area contributed by atoms with Gasteiger partial charge in [0.15, 0.2) is 11.4 Å². The highest BCUT2D eigenvalue weighted by atomic mass is 16.3. The van der Waals surface area contributed by atoms with E-state index in [1.165, 1.54) is 0 Å². The molecule has 3 rings (SSSR count). The van der Waals surface area contributed by atoms with Crippen molar-refractivity contribution in [3.05, 3.63) is 48.4 Å². The smallest absolute Gasteiger partial charge is 0.225 e. The second kappa shape index (κ2) is 6.07. The van der Waals surface area contributed by atoms with Gasteiger partial charge in [-0.3, -0.25) is 9.38 Å². The summed E-state index contributed by atoms with van der Waals surface area (Å²) in [4.78, 5) is 17.3. The molecule has 0 aliphatic heterocycles. The van der Waals surface area contributed by atoms with Crippen LogP contribution in [0.2, 0.25) is 0 Å². The van der Waals surface area contributed by atoms with E-state index in [1.54, 1.807) is 30.9 Å². The SMILES string of the molecule is CC(C)c1nc2cnccn2c1C(O)(Nc1ncccn1)C(C)(C)C. The minimum absolute atomic E-state index is 0.127. The highest BCUT2D eigenvalue weighted by molar-refractivity contribution is 5.47. The van der Waals surface area contributed by atoms with Crippen molar-refractivity contribution in [1.82, 2.24) is 24.3 Å². The molecule has 0 amide bonds. The number of imidazole rings is 1. The molecule has 25 heavy (non-hydrogen) atoms. The maximum absolute atomic E-state index is 11.8. The Morgan fingerprint density at radius 1 is 1.12 bits per heavy atom. The first-order valence-electron chi connectivity index (χ1n) is 8.34. The van der Waals surface area contributed by atoms with Gasteiger partial charge in [-0.25, -0.2) is 15.0 Å². The van der Waals surface area contributed by atoms with Gasteiger partial charge >= 0.3 is 0 Å². The van der Waals surface area contributed by atoms with Crippen LogP contribution in [0.4, 0.5) is 5.95 Å². The number of fused-ring (bicyclic) bond motifs is 1. The highest BCUT2D eigenvalue weighted by Gasteiger charge is 2.47. The number of aromatic nitrogens is 5. The highest BCUT2D eigenvalue weighted by Crippen LogP contribution is 2.42. The molecule has 0 aromatic carbocycles. The minimum atomic E-state index is -1.44. The maximum Gasteiger partial charge on any atom is 0.225 e. The molecule has 0 aliphatic rings. The third-order valence-electron chi connectivity index (χ3n) is 4.29. The summed E-state index contributed by atoms with van der Waals surface area (Å²) in [6.07, 6.45) is 8.47. The first kappa shape index (κ1) is 17.3. The van der Waals surface area contributed by atoms with Crippen molar-refractivity contribution in [3.63, 3.8) is 0 Å². The lowest BCUT2D eigenvalue weighted by molar-refractivity contribution is -0.0437. The number of aliphatic hydroxyl groups is 1. The van der Waals surface area contributed by atoms with Gasteiger partial charge in [0.1, 0.15) is 0 Å². The predicted molar refractivity (Wildman–Crippen MR) is 96.1 cm³/mol. The summed E-state index contributed by atoms with van der Waals surface area (Å²) in [7, 11) is 0. The molecule has 0 radical (unpaired) electrons. The summed E-state index contributed by atoms with van der Waals surface area (Å²) in [6, 6.07) is 1.74. The maximum atomic E-state index is 11.8. The summed E-state index contributed by atoms with van der Waals surface area (Å²) in [6.45, 7) is 10.0. The third kappa shape index (κ3) is 2.95.